The van der Waals surface area contributed by atoms with Crippen LogP contribution in [0.1, 0.15) is 18.4 Å². The molecule has 1 saturated heterocycles. The Labute approximate surface area is 102 Å². The van der Waals surface area contributed by atoms with Gasteiger partial charge in [-0.25, -0.2) is 0 Å². The first-order chi connectivity index (χ1) is 8.05. The van der Waals surface area contributed by atoms with E-state index in [-0.39, 0.29) is 0 Å². The maximum atomic E-state index is 12.5. The first kappa shape index (κ1) is 12.8. The van der Waals surface area contributed by atoms with Crippen molar-refractivity contribution in [1.82, 2.24) is 0 Å². The van der Waals surface area contributed by atoms with E-state index >= 15 is 0 Å². The number of thioether (sulfide) groups is 1. The van der Waals surface area contributed by atoms with Crippen molar-refractivity contribution in [3.8, 4) is 0 Å². The smallest absolute Gasteiger partial charge is 0.381 e. The average Bonchev–Trinajstić information content (AvgIpc) is 2.29. The minimum Gasteiger partial charge on any atom is -0.381 e. The van der Waals surface area contributed by atoms with Gasteiger partial charge in [0.15, 0.2) is 0 Å². The molecule has 0 amide bonds. The minimum absolute atomic E-state index is 0.368. The lowest BCUT2D eigenvalue weighted by Crippen LogP contribution is -2.17. The quantitative estimate of drug-likeness (QED) is 0.797. The van der Waals surface area contributed by atoms with Crippen LogP contribution in [0.2, 0.25) is 0 Å². The Hall–Kier alpha value is -0.680. The molecule has 17 heavy (non-hydrogen) atoms. The fraction of sp³-hybridized carbons (Fsp3) is 0.500. The molecule has 0 aromatic heterocycles. The van der Waals surface area contributed by atoms with Crippen LogP contribution in [0.15, 0.2) is 29.2 Å². The van der Waals surface area contributed by atoms with Gasteiger partial charge in [-0.1, -0.05) is 6.07 Å². The van der Waals surface area contributed by atoms with E-state index in [4.69, 9.17) is 4.74 Å². The second-order valence-electron chi connectivity index (χ2n) is 3.96. The molecule has 0 bridgehead atoms. The Morgan fingerprint density at radius 2 is 1.88 bits per heavy atom. The van der Waals surface area contributed by atoms with Gasteiger partial charge in [-0.15, -0.1) is 11.8 Å². The third-order valence-corrected chi connectivity index (χ3v) is 3.96. The van der Waals surface area contributed by atoms with Crippen molar-refractivity contribution >= 4 is 11.8 Å². The maximum absolute atomic E-state index is 12.5. The lowest BCUT2D eigenvalue weighted by molar-refractivity contribution is -0.137. The molecule has 2 rings (SSSR count). The van der Waals surface area contributed by atoms with Gasteiger partial charge in [0.1, 0.15) is 0 Å². The predicted octanol–water partition coefficient (Wildman–Crippen LogP) is 3.98. The van der Waals surface area contributed by atoms with E-state index in [1.54, 1.807) is 6.07 Å². The molecule has 0 spiro atoms. The molecule has 0 N–H and O–H groups in total. The molecule has 94 valence electrons. The first-order valence-electron chi connectivity index (χ1n) is 5.47. The van der Waals surface area contributed by atoms with Gasteiger partial charge in [0.2, 0.25) is 0 Å². The molecule has 5 heteroatoms. The molecule has 0 aliphatic carbocycles. The minimum atomic E-state index is -4.26. The summed E-state index contributed by atoms with van der Waals surface area (Å²) >= 11 is 1.51. The fourth-order valence-corrected chi connectivity index (χ4v) is 2.90. The normalized spacial score (nSPS) is 18.3. The Balaban J connectivity index is 2.05. The standard InChI is InChI=1S/C12H13F3OS/c13-12(14,15)9-2-1-3-11(8-9)17-10-4-6-16-7-5-10/h1-3,8,10H,4-7H2. The number of rotatable bonds is 2. The van der Waals surface area contributed by atoms with Crippen LogP contribution in [0, 0.1) is 0 Å². The van der Waals surface area contributed by atoms with E-state index in [0.29, 0.717) is 23.4 Å². The van der Waals surface area contributed by atoms with Gasteiger partial charge in [0.25, 0.3) is 0 Å². The molecule has 1 aliphatic rings. The molecular weight excluding hydrogens is 249 g/mol. The molecule has 1 heterocycles. The summed E-state index contributed by atoms with van der Waals surface area (Å²) in [5.41, 5.74) is -0.574. The Morgan fingerprint density at radius 1 is 1.18 bits per heavy atom. The maximum Gasteiger partial charge on any atom is 0.416 e. The number of ether oxygens (including phenoxy) is 1. The van der Waals surface area contributed by atoms with Crippen molar-refractivity contribution < 1.29 is 17.9 Å². The van der Waals surface area contributed by atoms with Crippen LogP contribution in [0.3, 0.4) is 0 Å². The predicted molar refractivity (Wildman–Crippen MR) is 61.1 cm³/mol. The van der Waals surface area contributed by atoms with E-state index in [1.807, 2.05) is 0 Å². The summed E-state index contributed by atoms with van der Waals surface area (Å²) in [4.78, 5) is 0.687. The molecule has 1 nitrogen and oxygen atoms in total. The van der Waals surface area contributed by atoms with E-state index in [0.717, 1.165) is 18.9 Å². The molecule has 0 radical (unpaired) electrons. The summed E-state index contributed by atoms with van der Waals surface area (Å²) in [5, 5.41) is 0.368. The second kappa shape index (κ2) is 5.31. The summed E-state index contributed by atoms with van der Waals surface area (Å²) in [7, 11) is 0. The van der Waals surface area contributed by atoms with Crippen molar-refractivity contribution in [3.05, 3.63) is 29.8 Å². The number of hydrogen-bond acceptors (Lipinski definition) is 2. The molecule has 0 saturated carbocycles. The van der Waals surface area contributed by atoms with E-state index in [2.05, 4.69) is 0 Å². The van der Waals surface area contributed by atoms with Gasteiger partial charge in [-0.2, -0.15) is 13.2 Å². The van der Waals surface area contributed by atoms with Crippen LogP contribution >= 0.6 is 11.8 Å². The van der Waals surface area contributed by atoms with Crippen LogP contribution in [0.5, 0.6) is 0 Å². The van der Waals surface area contributed by atoms with Crippen molar-refractivity contribution in [2.45, 2.75) is 29.2 Å². The zero-order valence-electron chi connectivity index (χ0n) is 9.17. The second-order valence-corrected chi connectivity index (χ2v) is 5.33. The van der Waals surface area contributed by atoms with E-state index < -0.39 is 11.7 Å². The summed E-state index contributed by atoms with van der Waals surface area (Å²) in [6, 6.07) is 5.52. The average molecular weight is 262 g/mol. The SMILES string of the molecule is FC(F)(F)c1cccc(SC2CCOCC2)c1. The highest BCUT2D eigenvalue weighted by atomic mass is 32.2. The highest BCUT2D eigenvalue weighted by Gasteiger charge is 2.30. The van der Waals surface area contributed by atoms with Crippen LogP contribution in [-0.4, -0.2) is 18.5 Å². The van der Waals surface area contributed by atoms with Gasteiger partial charge in [-0.05, 0) is 31.0 Å². The molecule has 1 fully saturated rings. The summed E-state index contributed by atoms with van der Waals surface area (Å²) in [6.07, 6.45) is -2.45. The fourth-order valence-electron chi connectivity index (χ4n) is 1.73. The van der Waals surface area contributed by atoms with Crippen molar-refractivity contribution in [1.29, 1.82) is 0 Å². The van der Waals surface area contributed by atoms with Crippen LogP contribution in [0.4, 0.5) is 13.2 Å². The van der Waals surface area contributed by atoms with Crippen molar-refractivity contribution in [3.63, 3.8) is 0 Å². The van der Waals surface area contributed by atoms with Crippen molar-refractivity contribution in [2.75, 3.05) is 13.2 Å². The summed E-state index contributed by atoms with van der Waals surface area (Å²) < 4.78 is 42.8. The van der Waals surface area contributed by atoms with Gasteiger partial charge < -0.3 is 4.74 Å². The third-order valence-electron chi connectivity index (χ3n) is 2.63. The summed E-state index contributed by atoms with van der Waals surface area (Å²) in [5.74, 6) is 0. The van der Waals surface area contributed by atoms with Gasteiger partial charge in [-0.3, -0.25) is 0 Å². The zero-order chi connectivity index (χ0) is 12.3. The number of alkyl halides is 3. The Morgan fingerprint density at radius 3 is 2.53 bits per heavy atom. The van der Waals surface area contributed by atoms with E-state index in [9.17, 15) is 13.2 Å². The first-order valence-corrected chi connectivity index (χ1v) is 6.35. The van der Waals surface area contributed by atoms with Gasteiger partial charge in [0.05, 0.1) is 5.56 Å². The van der Waals surface area contributed by atoms with Gasteiger partial charge >= 0.3 is 6.18 Å². The van der Waals surface area contributed by atoms with E-state index in [1.165, 1.54) is 23.9 Å². The van der Waals surface area contributed by atoms with Crippen LogP contribution in [-0.2, 0) is 10.9 Å². The number of benzene rings is 1. The Bertz CT molecular complexity index is 372. The zero-order valence-corrected chi connectivity index (χ0v) is 9.98. The van der Waals surface area contributed by atoms with Gasteiger partial charge in [0, 0.05) is 23.4 Å². The number of halogens is 3. The Kier molecular flexibility index (Phi) is 3.99. The summed E-state index contributed by atoms with van der Waals surface area (Å²) in [6.45, 7) is 1.41. The third kappa shape index (κ3) is 3.64. The monoisotopic (exact) mass is 262 g/mol. The molecule has 0 atom stereocenters. The molecule has 1 aromatic carbocycles. The highest BCUT2D eigenvalue weighted by Crippen LogP contribution is 2.34. The molecule has 0 unspecified atom stereocenters. The molecule has 1 aliphatic heterocycles. The van der Waals surface area contributed by atoms with Crippen LogP contribution in [0.25, 0.3) is 0 Å². The molecule has 1 aromatic rings. The van der Waals surface area contributed by atoms with Crippen molar-refractivity contribution in [2.24, 2.45) is 0 Å². The molecular formula is C12H13F3OS. The highest BCUT2D eigenvalue weighted by molar-refractivity contribution is 8.00. The number of hydrogen-bond donors (Lipinski definition) is 0. The van der Waals surface area contributed by atoms with Crippen LogP contribution < -0.4 is 0 Å². The largest absolute Gasteiger partial charge is 0.416 e. The lowest BCUT2D eigenvalue weighted by atomic mass is 10.2. The lowest BCUT2D eigenvalue weighted by Gasteiger charge is -2.21. The topological polar surface area (TPSA) is 9.23 Å².